The van der Waals surface area contributed by atoms with Crippen molar-refractivity contribution in [1.29, 1.82) is 5.26 Å². The Kier molecular flexibility index (Phi) is 4.83. The summed E-state index contributed by atoms with van der Waals surface area (Å²) in [6.07, 6.45) is -0.261. The van der Waals surface area contributed by atoms with E-state index in [4.69, 9.17) is 14.7 Å². The predicted octanol–water partition coefficient (Wildman–Crippen LogP) is 1.58. The number of methoxy groups -OCH3 is 1. The quantitative estimate of drug-likeness (QED) is 0.454. The number of nitriles is 1. The molecule has 100 valence electrons. The number of hydrogen-bond acceptors (Lipinski definition) is 6. The van der Waals surface area contributed by atoms with E-state index >= 15 is 0 Å². The minimum atomic E-state index is -0.699. The molecular weight excluding hydrogens is 252 g/mol. The third-order valence-electron chi connectivity index (χ3n) is 2.38. The molecule has 0 saturated heterocycles. The molecule has 0 heterocycles. The molecule has 19 heavy (non-hydrogen) atoms. The fourth-order valence-electron chi connectivity index (χ4n) is 1.61. The second kappa shape index (κ2) is 6.35. The molecule has 0 N–H and O–H groups in total. The van der Waals surface area contributed by atoms with Crippen molar-refractivity contribution in [2.24, 2.45) is 0 Å². The van der Waals surface area contributed by atoms with Crippen molar-refractivity contribution >= 4 is 11.7 Å². The summed E-state index contributed by atoms with van der Waals surface area (Å²) in [7, 11) is 1.31. The van der Waals surface area contributed by atoms with Gasteiger partial charge in [-0.25, -0.2) is 0 Å². The highest BCUT2D eigenvalue weighted by molar-refractivity contribution is 5.76. The maximum Gasteiger partial charge on any atom is 0.310 e. The lowest BCUT2D eigenvalue weighted by Gasteiger charge is -2.07. The molecule has 0 saturated carbocycles. The van der Waals surface area contributed by atoms with Gasteiger partial charge in [0.25, 0.3) is 5.69 Å². The summed E-state index contributed by atoms with van der Waals surface area (Å²) in [6.45, 7) is 1.83. The van der Waals surface area contributed by atoms with E-state index in [-0.39, 0.29) is 29.9 Å². The Morgan fingerprint density at radius 1 is 1.53 bits per heavy atom. The molecule has 0 unspecified atom stereocenters. The SMILES string of the molecule is CCOC(=O)Cc1ccc(OC)c(C#N)c1[N+](=O)[O-]. The van der Waals surface area contributed by atoms with Crippen molar-refractivity contribution in [2.75, 3.05) is 13.7 Å². The molecule has 0 aromatic heterocycles. The molecule has 1 aromatic rings. The van der Waals surface area contributed by atoms with Gasteiger partial charge in [0.2, 0.25) is 0 Å². The van der Waals surface area contributed by atoms with Crippen molar-refractivity contribution in [2.45, 2.75) is 13.3 Å². The predicted molar refractivity (Wildman–Crippen MR) is 64.7 cm³/mol. The van der Waals surface area contributed by atoms with Gasteiger partial charge in [-0.15, -0.1) is 0 Å². The van der Waals surface area contributed by atoms with Crippen LogP contribution in [0.3, 0.4) is 0 Å². The van der Waals surface area contributed by atoms with Gasteiger partial charge in [0.1, 0.15) is 11.8 Å². The van der Waals surface area contributed by atoms with E-state index in [1.807, 2.05) is 0 Å². The van der Waals surface area contributed by atoms with Crippen LogP contribution in [0.2, 0.25) is 0 Å². The van der Waals surface area contributed by atoms with Gasteiger partial charge in [-0.1, -0.05) is 0 Å². The van der Waals surface area contributed by atoms with Gasteiger partial charge >= 0.3 is 5.97 Å². The molecule has 0 aliphatic carbocycles. The Balaban J connectivity index is 3.29. The highest BCUT2D eigenvalue weighted by atomic mass is 16.6. The average molecular weight is 264 g/mol. The molecule has 1 aromatic carbocycles. The first kappa shape index (κ1) is 14.4. The number of ether oxygens (including phenoxy) is 2. The number of carbonyl (C=O) groups excluding carboxylic acids is 1. The maximum atomic E-state index is 11.4. The monoisotopic (exact) mass is 264 g/mol. The second-order valence-electron chi connectivity index (χ2n) is 3.50. The lowest BCUT2D eigenvalue weighted by atomic mass is 10.0. The van der Waals surface area contributed by atoms with Crippen LogP contribution in [0.15, 0.2) is 12.1 Å². The number of hydrogen-bond donors (Lipinski definition) is 0. The number of esters is 1. The summed E-state index contributed by atoms with van der Waals surface area (Å²) in [6, 6.07) is 4.52. The van der Waals surface area contributed by atoms with Gasteiger partial charge in [0, 0.05) is 5.56 Å². The van der Waals surface area contributed by atoms with E-state index in [0.717, 1.165) is 0 Å². The summed E-state index contributed by atoms with van der Waals surface area (Å²) in [5, 5.41) is 20.0. The number of nitro groups is 1. The summed E-state index contributed by atoms with van der Waals surface area (Å²) < 4.78 is 9.63. The van der Waals surface area contributed by atoms with E-state index < -0.39 is 16.6 Å². The molecule has 0 aliphatic rings. The topological polar surface area (TPSA) is 102 Å². The number of rotatable bonds is 5. The van der Waals surface area contributed by atoms with Crippen molar-refractivity contribution in [1.82, 2.24) is 0 Å². The summed E-state index contributed by atoms with van der Waals surface area (Å²) >= 11 is 0. The van der Waals surface area contributed by atoms with Gasteiger partial charge in [-0.2, -0.15) is 5.26 Å². The van der Waals surface area contributed by atoms with Crippen LogP contribution in [0, 0.1) is 21.4 Å². The van der Waals surface area contributed by atoms with E-state index in [1.54, 1.807) is 13.0 Å². The fraction of sp³-hybridized carbons (Fsp3) is 0.333. The van der Waals surface area contributed by atoms with Crippen LogP contribution >= 0.6 is 0 Å². The lowest BCUT2D eigenvalue weighted by Crippen LogP contribution is -2.10. The maximum absolute atomic E-state index is 11.4. The normalized spacial score (nSPS) is 9.53. The van der Waals surface area contributed by atoms with Crippen LogP contribution in [-0.4, -0.2) is 24.6 Å². The van der Waals surface area contributed by atoms with E-state index in [1.165, 1.54) is 19.2 Å². The summed E-state index contributed by atoms with van der Waals surface area (Å²) in [5.41, 5.74) is -0.495. The van der Waals surface area contributed by atoms with Gasteiger partial charge in [0.05, 0.1) is 25.1 Å². The van der Waals surface area contributed by atoms with E-state index in [0.29, 0.717) is 0 Å². The minimum absolute atomic E-state index is 0.0989. The largest absolute Gasteiger partial charge is 0.495 e. The first-order valence-electron chi connectivity index (χ1n) is 5.45. The van der Waals surface area contributed by atoms with Crippen LogP contribution in [0.5, 0.6) is 5.75 Å². The molecule has 0 spiro atoms. The van der Waals surface area contributed by atoms with Crippen LogP contribution in [0.25, 0.3) is 0 Å². The Hall–Kier alpha value is -2.62. The molecule has 7 heteroatoms. The average Bonchev–Trinajstić information content (AvgIpc) is 2.37. The van der Waals surface area contributed by atoms with Crippen LogP contribution in [0.4, 0.5) is 5.69 Å². The van der Waals surface area contributed by atoms with Gasteiger partial charge in [-0.3, -0.25) is 14.9 Å². The fourth-order valence-corrected chi connectivity index (χ4v) is 1.61. The molecule has 1 rings (SSSR count). The zero-order valence-corrected chi connectivity index (χ0v) is 10.5. The Morgan fingerprint density at radius 2 is 2.21 bits per heavy atom. The first-order valence-corrected chi connectivity index (χ1v) is 5.45. The number of carbonyl (C=O) groups is 1. The molecule has 0 atom stereocenters. The number of nitrogens with zero attached hydrogens (tertiary/aromatic N) is 2. The highest BCUT2D eigenvalue weighted by Gasteiger charge is 2.25. The third kappa shape index (κ3) is 3.19. The Morgan fingerprint density at radius 3 is 2.68 bits per heavy atom. The van der Waals surface area contributed by atoms with Crippen molar-refractivity contribution < 1.29 is 19.2 Å². The first-order chi connectivity index (χ1) is 9.04. The number of nitro benzene ring substituents is 1. The summed E-state index contributed by atoms with van der Waals surface area (Å²) in [4.78, 5) is 21.7. The molecule has 0 bridgehead atoms. The smallest absolute Gasteiger partial charge is 0.310 e. The highest BCUT2D eigenvalue weighted by Crippen LogP contribution is 2.31. The zero-order chi connectivity index (χ0) is 14.4. The third-order valence-corrected chi connectivity index (χ3v) is 2.38. The van der Waals surface area contributed by atoms with Gasteiger partial charge in [0.15, 0.2) is 5.56 Å². The summed E-state index contributed by atoms with van der Waals surface area (Å²) in [5.74, 6) is -0.485. The molecule has 0 amide bonds. The van der Waals surface area contributed by atoms with Gasteiger partial charge in [-0.05, 0) is 19.1 Å². The zero-order valence-electron chi connectivity index (χ0n) is 10.5. The molecule has 0 fully saturated rings. The van der Waals surface area contributed by atoms with E-state index in [2.05, 4.69) is 0 Å². The van der Waals surface area contributed by atoms with Crippen LogP contribution in [0.1, 0.15) is 18.1 Å². The van der Waals surface area contributed by atoms with Gasteiger partial charge < -0.3 is 9.47 Å². The Labute approximate surface area is 109 Å². The van der Waals surface area contributed by atoms with E-state index in [9.17, 15) is 14.9 Å². The van der Waals surface area contributed by atoms with Crippen LogP contribution < -0.4 is 4.74 Å². The molecule has 0 radical (unpaired) electrons. The van der Waals surface area contributed by atoms with Crippen LogP contribution in [-0.2, 0) is 16.0 Å². The number of benzene rings is 1. The molecular formula is C12H12N2O5. The molecule has 0 aliphatic heterocycles. The Bertz CT molecular complexity index is 548. The standard InChI is InChI=1S/C12H12N2O5/c1-3-19-11(15)6-8-4-5-10(18-2)9(7-13)12(8)14(16)17/h4-5H,3,6H2,1-2H3. The second-order valence-corrected chi connectivity index (χ2v) is 3.50. The van der Waals surface area contributed by atoms with Crippen molar-refractivity contribution in [3.63, 3.8) is 0 Å². The minimum Gasteiger partial charge on any atom is -0.495 e. The lowest BCUT2D eigenvalue weighted by molar-refractivity contribution is -0.385. The van der Waals surface area contributed by atoms with Crippen molar-refractivity contribution in [3.8, 4) is 11.8 Å². The van der Waals surface area contributed by atoms with Crippen molar-refractivity contribution in [3.05, 3.63) is 33.4 Å². The molecule has 7 nitrogen and oxygen atoms in total.